The van der Waals surface area contributed by atoms with Gasteiger partial charge >= 0.3 is 5.97 Å². The number of fused-ring (bicyclic) bond motifs is 10. The Hall–Kier alpha value is -5.04. The molecule has 7 nitrogen and oxygen atoms in total. The van der Waals surface area contributed by atoms with Gasteiger partial charge in [0.1, 0.15) is 23.0 Å². The number of carbonyl (C=O) groups is 2. The summed E-state index contributed by atoms with van der Waals surface area (Å²) in [5, 5.41) is 30.6. The number of rotatable bonds is 0. The molecule has 2 aliphatic rings. The first-order valence-electron chi connectivity index (χ1n) is 11.5. The molecule has 3 N–H and O–H groups in total. The molecular weight excluding hydrogens is 472 g/mol. The van der Waals surface area contributed by atoms with Crippen LogP contribution in [0.25, 0.3) is 21.5 Å². The minimum Gasteiger partial charge on any atom is -0.508 e. The van der Waals surface area contributed by atoms with Crippen LogP contribution in [0.2, 0.25) is 0 Å². The van der Waals surface area contributed by atoms with Gasteiger partial charge in [0.2, 0.25) is 0 Å². The van der Waals surface area contributed by atoms with E-state index in [0.29, 0.717) is 17.1 Å². The molecule has 182 valence electrons. The Labute approximate surface area is 210 Å². The number of carboxylic acids is 1. The van der Waals surface area contributed by atoms with Crippen LogP contribution < -0.4 is 4.74 Å². The second kappa shape index (κ2) is 7.99. The van der Waals surface area contributed by atoms with E-state index in [0.717, 1.165) is 45.2 Å². The molecule has 0 bridgehead atoms. The fourth-order valence-electron chi connectivity index (χ4n) is 5.22. The van der Waals surface area contributed by atoms with Crippen molar-refractivity contribution < 1.29 is 34.4 Å². The van der Waals surface area contributed by atoms with Gasteiger partial charge in [-0.05, 0) is 65.4 Å². The Kier molecular flexibility index (Phi) is 4.85. The van der Waals surface area contributed by atoms with Gasteiger partial charge in [-0.2, -0.15) is 0 Å². The summed E-state index contributed by atoms with van der Waals surface area (Å²) in [6.45, 7) is 1.08. The maximum atomic E-state index is 13.0. The molecule has 0 saturated heterocycles. The maximum Gasteiger partial charge on any atom is 0.340 e. The fraction of sp³-hybridized carbons (Fsp3) is 0.0667. The summed E-state index contributed by atoms with van der Waals surface area (Å²) in [4.78, 5) is 22.0. The molecule has 7 rings (SSSR count). The van der Waals surface area contributed by atoms with E-state index < -0.39 is 11.6 Å². The van der Waals surface area contributed by atoms with Crippen molar-refractivity contribution in [3.05, 3.63) is 107 Å². The summed E-state index contributed by atoms with van der Waals surface area (Å²) in [7, 11) is 0. The molecule has 37 heavy (non-hydrogen) atoms. The third-order valence-corrected chi connectivity index (χ3v) is 6.64. The number of carbonyl (C=O) groups excluding carboxylic acids is 1. The van der Waals surface area contributed by atoms with Gasteiger partial charge in [-0.3, -0.25) is 4.79 Å². The number of phenols is 2. The Bertz CT molecular complexity index is 1670. The van der Waals surface area contributed by atoms with Crippen molar-refractivity contribution in [3.63, 3.8) is 0 Å². The van der Waals surface area contributed by atoms with Crippen LogP contribution in [0.4, 0.5) is 0 Å². The summed E-state index contributed by atoms with van der Waals surface area (Å²) < 4.78 is 12.8. The van der Waals surface area contributed by atoms with E-state index in [1.807, 2.05) is 54.6 Å². The fourth-order valence-corrected chi connectivity index (χ4v) is 5.22. The van der Waals surface area contributed by atoms with Gasteiger partial charge < -0.3 is 24.8 Å². The third-order valence-electron chi connectivity index (χ3n) is 6.64. The quantitative estimate of drug-likeness (QED) is 0.225. The lowest BCUT2D eigenvalue weighted by atomic mass is 9.76. The van der Waals surface area contributed by atoms with Crippen LogP contribution in [0, 0.1) is 0 Å². The van der Waals surface area contributed by atoms with E-state index >= 15 is 0 Å². The zero-order valence-corrected chi connectivity index (χ0v) is 19.6. The molecule has 0 aromatic heterocycles. The molecule has 0 unspecified atom stereocenters. The molecule has 7 heteroatoms. The van der Waals surface area contributed by atoms with Gasteiger partial charge in [0.25, 0.3) is 5.97 Å². The number of carboxylic acid groups (broad SMARTS) is 1. The van der Waals surface area contributed by atoms with Crippen molar-refractivity contribution in [2.75, 3.05) is 0 Å². The number of benzene rings is 5. The molecule has 1 spiro atoms. The highest BCUT2D eigenvalue weighted by atomic mass is 16.6. The minimum atomic E-state index is -1.17. The second-order valence-electron chi connectivity index (χ2n) is 8.93. The summed E-state index contributed by atoms with van der Waals surface area (Å²) >= 11 is 0. The zero-order chi connectivity index (χ0) is 25.9. The zero-order valence-electron chi connectivity index (χ0n) is 19.6. The van der Waals surface area contributed by atoms with Crippen molar-refractivity contribution in [2.24, 2.45) is 0 Å². The van der Waals surface area contributed by atoms with Crippen LogP contribution in [0.5, 0.6) is 23.0 Å². The molecule has 2 heterocycles. The van der Waals surface area contributed by atoms with Crippen molar-refractivity contribution in [3.8, 4) is 23.0 Å². The van der Waals surface area contributed by atoms with E-state index in [1.165, 1.54) is 0 Å². The van der Waals surface area contributed by atoms with Crippen molar-refractivity contribution in [1.29, 1.82) is 0 Å². The number of hydrogen-bond acceptors (Lipinski definition) is 6. The lowest BCUT2D eigenvalue weighted by Crippen LogP contribution is -2.33. The molecular formula is C30H20O7. The average Bonchev–Trinajstić information content (AvgIpc) is 3.16. The second-order valence-corrected chi connectivity index (χ2v) is 8.93. The van der Waals surface area contributed by atoms with Gasteiger partial charge in [-0.1, -0.05) is 30.3 Å². The lowest BCUT2D eigenvalue weighted by Gasteiger charge is -2.37. The Morgan fingerprint density at radius 1 is 0.730 bits per heavy atom. The molecule has 0 aliphatic carbocycles. The van der Waals surface area contributed by atoms with Crippen LogP contribution in [-0.4, -0.2) is 27.3 Å². The lowest BCUT2D eigenvalue weighted by molar-refractivity contribution is -0.134. The summed E-state index contributed by atoms with van der Waals surface area (Å²) in [5.41, 5.74) is 1.56. The summed E-state index contributed by atoms with van der Waals surface area (Å²) in [5.74, 6) is 0.245. The van der Waals surface area contributed by atoms with E-state index in [1.54, 1.807) is 30.3 Å². The molecule has 5 aromatic carbocycles. The number of aromatic hydroxyl groups is 2. The molecule has 2 aliphatic heterocycles. The van der Waals surface area contributed by atoms with E-state index in [9.17, 15) is 15.0 Å². The molecule has 0 atom stereocenters. The van der Waals surface area contributed by atoms with Crippen LogP contribution in [0.15, 0.2) is 84.9 Å². The number of hydrogen-bond donors (Lipinski definition) is 3. The Balaban J connectivity index is 0.000000590. The first-order valence-corrected chi connectivity index (χ1v) is 11.5. The maximum absolute atomic E-state index is 13.0. The van der Waals surface area contributed by atoms with Crippen LogP contribution in [0.1, 0.15) is 34.0 Å². The predicted molar refractivity (Wildman–Crippen MR) is 136 cm³/mol. The van der Waals surface area contributed by atoms with Crippen LogP contribution >= 0.6 is 0 Å². The topological polar surface area (TPSA) is 113 Å². The Morgan fingerprint density at radius 2 is 1.24 bits per heavy atom. The smallest absolute Gasteiger partial charge is 0.340 e. The van der Waals surface area contributed by atoms with Gasteiger partial charge in [-0.15, -0.1) is 0 Å². The molecule has 5 aromatic rings. The highest BCUT2D eigenvalue weighted by molar-refractivity contribution is 6.01. The third kappa shape index (κ3) is 3.28. The normalized spacial score (nSPS) is 14.1. The van der Waals surface area contributed by atoms with Crippen molar-refractivity contribution >= 4 is 33.5 Å². The number of ether oxygens (including phenoxy) is 2. The molecule has 0 radical (unpaired) electrons. The van der Waals surface area contributed by atoms with Gasteiger partial charge in [0.15, 0.2) is 5.60 Å². The SMILES string of the molecule is CC(=O)O.O=C1OC2(c3ccccc31)c1ccc3cc(O)ccc3c1Oc1c2ccc2cc(O)ccc12. The standard InChI is InChI=1S/C28H16O5.C2H4O2/c29-17-7-9-19-15(13-17)5-11-23-25(19)32-26-20-10-8-18(30)14-16(20)6-12-24(26)28(23)22-4-2-1-3-21(22)27(31)33-28;1-2(3)4/h1-14,29-30H;1H3,(H,3,4). The van der Waals surface area contributed by atoms with E-state index in [-0.39, 0.29) is 17.5 Å². The first kappa shape index (κ1) is 22.4. The van der Waals surface area contributed by atoms with E-state index in [4.69, 9.17) is 19.4 Å². The monoisotopic (exact) mass is 492 g/mol. The van der Waals surface area contributed by atoms with Crippen molar-refractivity contribution in [1.82, 2.24) is 0 Å². The minimum absolute atomic E-state index is 0.159. The Morgan fingerprint density at radius 3 is 1.78 bits per heavy atom. The van der Waals surface area contributed by atoms with Crippen molar-refractivity contribution in [2.45, 2.75) is 12.5 Å². The largest absolute Gasteiger partial charge is 0.508 e. The van der Waals surface area contributed by atoms with Gasteiger partial charge in [-0.25, -0.2) is 4.79 Å². The van der Waals surface area contributed by atoms with Crippen LogP contribution in [-0.2, 0) is 15.1 Å². The summed E-state index contributed by atoms with van der Waals surface area (Å²) in [6, 6.07) is 25.2. The van der Waals surface area contributed by atoms with E-state index in [2.05, 4.69) is 0 Å². The highest BCUT2D eigenvalue weighted by Crippen LogP contribution is 2.58. The average molecular weight is 492 g/mol. The molecule has 0 fully saturated rings. The number of aliphatic carboxylic acids is 1. The number of esters is 1. The van der Waals surface area contributed by atoms with Crippen LogP contribution in [0.3, 0.4) is 0 Å². The predicted octanol–water partition coefficient (Wildman–Crippen LogP) is 6.06. The van der Waals surface area contributed by atoms with Gasteiger partial charge in [0.05, 0.1) is 5.56 Å². The first-order chi connectivity index (χ1) is 17.8. The van der Waals surface area contributed by atoms with Gasteiger partial charge in [0, 0.05) is 34.4 Å². The highest BCUT2D eigenvalue weighted by Gasteiger charge is 2.54. The molecule has 0 saturated carbocycles. The summed E-state index contributed by atoms with van der Waals surface area (Å²) in [6.07, 6.45) is 0. The molecule has 0 amide bonds. The number of phenolic OH excluding ortho intramolecular Hbond substituents is 2.